The van der Waals surface area contributed by atoms with Gasteiger partial charge in [-0.05, 0) is 51.0 Å². The second kappa shape index (κ2) is 8.64. The zero-order valence-electron chi connectivity index (χ0n) is 17.7. The van der Waals surface area contributed by atoms with Crippen LogP contribution in [-0.4, -0.2) is 41.5 Å². The highest BCUT2D eigenvalue weighted by Crippen LogP contribution is 2.26. The molecule has 7 nitrogen and oxygen atoms in total. The number of sulfonamides is 1. The number of para-hydroxylation sites is 1. The quantitative estimate of drug-likeness (QED) is 0.661. The Kier molecular flexibility index (Phi) is 5.93. The van der Waals surface area contributed by atoms with Crippen molar-refractivity contribution in [3.8, 4) is 5.69 Å². The average Bonchev–Trinajstić information content (AvgIpc) is 3.14. The maximum atomic E-state index is 13.0. The van der Waals surface area contributed by atoms with Gasteiger partial charge in [0.25, 0.3) is 0 Å². The lowest BCUT2D eigenvalue weighted by molar-refractivity contribution is -0.120. The van der Waals surface area contributed by atoms with Crippen molar-refractivity contribution in [2.75, 3.05) is 18.4 Å². The average molecular weight is 439 g/mol. The van der Waals surface area contributed by atoms with Gasteiger partial charge in [-0.2, -0.15) is 9.40 Å². The van der Waals surface area contributed by atoms with Crippen LogP contribution in [-0.2, 0) is 14.8 Å². The van der Waals surface area contributed by atoms with Gasteiger partial charge in [0.05, 0.1) is 22.2 Å². The van der Waals surface area contributed by atoms with Gasteiger partial charge in [-0.3, -0.25) is 4.79 Å². The number of amides is 1. The maximum absolute atomic E-state index is 13.0. The summed E-state index contributed by atoms with van der Waals surface area (Å²) in [4.78, 5) is 13.3. The number of hydrogen-bond donors (Lipinski definition) is 1. The molecule has 1 aliphatic heterocycles. The molecular weight excluding hydrogens is 412 g/mol. The van der Waals surface area contributed by atoms with Crippen LogP contribution in [0, 0.1) is 19.8 Å². The number of nitrogens with one attached hydrogen (secondary N) is 1. The summed E-state index contributed by atoms with van der Waals surface area (Å²) < 4.78 is 29.2. The van der Waals surface area contributed by atoms with Crippen LogP contribution >= 0.6 is 0 Å². The Balaban J connectivity index is 1.51. The van der Waals surface area contributed by atoms with E-state index < -0.39 is 15.9 Å². The molecular formula is C23H26N4O3S. The van der Waals surface area contributed by atoms with Crippen LogP contribution in [0.2, 0.25) is 0 Å². The number of nitrogens with zero attached hydrogens (tertiary/aromatic N) is 3. The molecule has 31 heavy (non-hydrogen) atoms. The number of aryl methyl sites for hydroxylation is 2. The van der Waals surface area contributed by atoms with E-state index in [4.69, 9.17) is 0 Å². The fourth-order valence-electron chi connectivity index (χ4n) is 3.82. The van der Waals surface area contributed by atoms with E-state index in [0.29, 0.717) is 25.2 Å². The van der Waals surface area contributed by atoms with E-state index in [1.165, 1.54) is 4.31 Å². The van der Waals surface area contributed by atoms with E-state index >= 15 is 0 Å². The van der Waals surface area contributed by atoms with E-state index in [0.717, 1.165) is 16.9 Å². The molecule has 1 N–H and O–H groups in total. The summed E-state index contributed by atoms with van der Waals surface area (Å²) in [5.41, 5.74) is 2.63. The predicted molar refractivity (Wildman–Crippen MR) is 120 cm³/mol. The first-order valence-electron chi connectivity index (χ1n) is 10.3. The predicted octanol–water partition coefficient (Wildman–Crippen LogP) is 3.53. The second-order valence-corrected chi connectivity index (χ2v) is 9.86. The van der Waals surface area contributed by atoms with Crippen LogP contribution in [0.15, 0.2) is 65.6 Å². The molecule has 1 aliphatic rings. The van der Waals surface area contributed by atoms with Gasteiger partial charge in [0.15, 0.2) is 0 Å². The minimum absolute atomic E-state index is 0.167. The normalized spacial score (nSPS) is 17.4. The number of carbonyl (C=O) groups is 1. The largest absolute Gasteiger partial charge is 0.310 e. The molecule has 0 saturated carbocycles. The maximum Gasteiger partial charge on any atom is 0.243 e. The van der Waals surface area contributed by atoms with Gasteiger partial charge in [-0.1, -0.05) is 35.9 Å². The Labute approximate surface area is 182 Å². The molecule has 1 fully saturated rings. The molecule has 0 aliphatic carbocycles. The zero-order chi connectivity index (χ0) is 22.0. The first-order valence-corrected chi connectivity index (χ1v) is 11.8. The summed E-state index contributed by atoms with van der Waals surface area (Å²) >= 11 is 0. The smallest absolute Gasteiger partial charge is 0.243 e. The van der Waals surface area contributed by atoms with Crippen LogP contribution in [0.4, 0.5) is 5.82 Å². The lowest BCUT2D eigenvalue weighted by atomic mass is 9.99. The highest BCUT2D eigenvalue weighted by Gasteiger charge is 2.33. The molecule has 8 heteroatoms. The van der Waals surface area contributed by atoms with Gasteiger partial charge >= 0.3 is 0 Å². The van der Waals surface area contributed by atoms with Crippen molar-refractivity contribution in [1.82, 2.24) is 14.1 Å². The summed E-state index contributed by atoms with van der Waals surface area (Å²) in [5, 5.41) is 7.43. The van der Waals surface area contributed by atoms with E-state index in [-0.39, 0.29) is 17.3 Å². The van der Waals surface area contributed by atoms with Crippen molar-refractivity contribution in [3.05, 3.63) is 71.9 Å². The molecule has 1 unspecified atom stereocenters. The Bertz CT molecular complexity index is 1170. The first kappa shape index (κ1) is 21.3. The summed E-state index contributed by atoms with van der Waals surface area (Å²) in [6, 6.07) is 18.2. The van der Waals surface area contributed by atoms with Gasteiger partial charge < -0.3 is 5.32 Å². The number of rotatable bonds is 5. The number of hydrogen-bond acceptors (Lipinski definition) is 4. The molecule has 4 rings (SSSR count). The zero-order valence-corrected chi connectivity index (χ0v) is 18.5. The van der Waals surface area contributed by atoms with Gasteiger partial charge in [0.2, 0.25) is 15.9 Å². The topological polar surface area (TPSA) is 84.3 Å². The first-order chi connectivity index (χ1) is 14.8. The summed E-state index contributed by atoms with van der Waals surface area (Å²) in [7, 11) is -3.63. The molecule has 0 spiro atoms. The lowest BCUT2D eigenvalue weighted by Crippen LogP contribution is -2.43. The SMILES string of the molecule is Cc1ccc(S(=O)(=O)N2CCCC(C(=O)Nc3cc(C)nn3-c3ccccc3)C2)cc1. The van der Waals surface area contributed by atoms with Crippen molar-refractivity contribution in [1.29, 1.82) is 0 Å². The fraction of sp³-hybridized carbons (Fsp3) is 0.304. The highest BCUT2D eigenvalue weighted by atomic mass is 32.2. The van der Waals surface area contributed by atoms with E-state index in [2.05, 4.69) is 10.4 Å². The van der Waals surface area contributed by atoms with Crippen molar-refractivity contribution >= 4 is 21.7 Å². The molecule has 2 heterocycles. The molecule has 0 bridgehead atoms. The third-order valence-electron chi connectivity index (χ3n) is 5.50. The van der Waals surface area contributed by atoms with Crippen molar-refractivity contribution < 1.29 is 13.2 Å². The number of piperidine rings is 1. The molecule has 0 radical (unpaired) electrons. The van der Waals surface area contributed by atoms with Gasteiger partial charge in [0.1, 0.15) is 5.82 Å². The Hall–Kier alpha value is -2.97. The van der Waals surface area contributed by atoms with Crippen LogP contribution in [0.5, 0.6) is 0 Å². The monoisotopic (exact) mass is 438 g/mol. The molecule has 1 atom stereocenters. The van der Waals surface area contributed by atoms with Crippen molar-refractivity contribution in [2.45, 2.75) is 31.6 Å². The van der Waals surface area contributed by atoms with E-state index in [1.807, 2.05) is 50.2 Å². The van der Waals surface area contributed by atoms with E-state index in [1.54, 1.807) is 28.9 Å². The van der Waals surface area contributed by atoms with Crippen molar-refractivity contribution in [2.24, 2.45) is 5.92 Å². The standard InChI is InChI=1S/C23H26N4O3S/c1-17-10-12-21(13-11-17)31(29,30)26-14-6-7-19(16-26)23(28)24-22-15-18(2)25-27(22)20-8-4-3-5-9-20/h3-5,8-13,15,19H,6-7,14,16H2,1-2H3,(H,24,28). The van der Waals surface area contributed by atoms with Gasteiger partial charge in [-0.25, -0.2) is 13.1 Å². The van der Waals surface area contributed by atoms with Crippen molar-refractivity contribution in [3.63, 3.8) is 0 Å². The van der Waals surface area contributed by atoms with Gasteiger partial charge in [-0.15, -0.1) is 0 Å². The number of carbonyl (C=O) groups excluding carboxylic acids is 1. The fourth-order valence-corrected chi connectivity index (χ4v) is 5.34. The van der Waals surface area contributed by atoms with Crippen LogP contribution in [0.3, 0.4) is 0 Å². The lowest BCUT2D eigenvalue weighted by Gasteiger charge is -2.31. The Morgan fingerprint density at radius 1 is 1.06 bits per heavy atom. The molecule has 1 amide bonds. The third kappa shape index (κ3) is 4.55. The van der Waals surface area contributed by atoms with Crippen LogP contribution < -0.4 is 5.32 Å². The highest BCUT2D eigenvalue weighted by molar-refractivity contribution is 7.89. The summed E-state index contributed by atoms with van der Waals surface area (Å²) in [6.07, 6.45) is 1.28. The van der Waals surface area contributed by atoms with E-state index in [9.17, 15) is 13.2 Å². The number of benzene rings is 2. The Morgan fingerprint density at radius 2 is 1.77 bits per heavy atom. The molecule has 1 aromatic heterocycles. The minimum atomic E-state index is -3.63. The number of anilines is 1. The van der Waals surface area contributed by atoms with Crippen LogP contribution in [0.1, 0.15) is 24.1 Å². The summed E-state index contributed by atoms with van der Waals surface area (Å²) in [6.45, 7) is 4.37. The van der Waals surface area contributed by atoms with Gasteiger partial charge in [0, 0.05) is 19.2 Å². The number of aromatic nitrogens is 2. The summed E-state index contributed by atoms with van der Waals surface area (Å²) in [5.74, 6) is -0.0403. The molecule has 162 valence electrons. The molecule has 3 aromatic rings. The Morgan fingerprint density at radius 3 is 2.48 bits per heavy atom. The van der Waals surface area contributed by atoms with Crippen LogP contribution in [0.25, 0.3) is 5.69 Å². The molecule has 1 saturated heterocycles. The molecule has 2 aromatic carbocycles. The third-order valence-corrected chi connectivity index (χ3v) is 7.38. The second-order valence-electron chi connectivity index (χ2n) is 7.92. The minimum Gasteiger partial charge on any atom is -0.310 e.